The number of hydrogen-bond donors (Lipinski definition) is 3. The number of ether oxygens (including phenoxy) is 3. The lowest BCUT2D eigenvalue weighted by Crippen LogP contribution is -2.19. The molecule has 0 saturated carbocycles. The number of nitrogens with two attached hydrogens (primary N) is 2. The molecular formula is C25H43N9O3. The Morgan fingerprint density at radius 2 is 1.27 bits per heavy atom. The molecule has 1 aromatic carbocycles. The Morgan fingerprint density at radius 3 is 1.62 bits per heavy atom. The van der Waals surface area contributed by atoms with Crippen molar-refractivity contribution in [2.75, 3.05) is 6.61 Å². The maximum Gasteiger partial charge on any atom is 0.134 e. The van der Waals surface area contributed by atoms with E-state index in [0.29, 0.717) is 34.3 Å². The fourth-order valence-corrected chi connectivity index (χ4v) is 2.69. The molecule has 0 saturated heterocycles. The van der Waals surface area contributed by atoms with Crippen LogP contribution in [0, 0.1) is 0 Å². The predicted molar refractivity (Wildman–Crippen MR) is 144 cm³/mol. The third-order valence-electron chi connectivity index (χ3n) is 4.47. The molecule has 0 atom stereocenters. The van der Waals surface area contributed by atoms with Gasteiger partial charge in [-0.05, 0) is 27.7 Å². The van der Waals surface area contributed by atoms with Gasteiger partial charge in [0.15, 0.2) is 0 Å². The zero-order valence-corrected chi connectivity index (χ0v) is 22.0. The molecule has 0 aliphatic heterocycles. The Morgan fingerprint density at radius 1 is 0.865 bits per heavy atom. The summed E-state index contributed by atoms with van der Waals surface area (Å²) in [7, 11) is 0. The van der Waals surface area contributed by atoms with Gasteiger partial charge in [0.25, 0.3) is 0 Å². The molecule has 3 rings (SSSR count). The molecule has 12 heteroatoms. The van der Waals surface area contributed by atoms with Crippen LogP contribution in [0.2, 0.25) is 0 Å². The first-order valence-corrected chi connectivity index (χ1v) is 12.0. The van der Waals surface area contributed by atoms with Gasteiger partial charge in [-0.15, -0.1) is 10.2 Å². The highest BCUT2D eigenvalue weighted by Crippen LogP contribution is 2.29. The number of nitrogens with one attached hydrogen (secondary N) is 1. The molecule has 0 bridgehead atoms. The lowest BCUT2D eigenvalue weighted by Gasteiger charge is -2.13. The Kier molecular flexibility index (Phi) is 13.5. The van der Waals surface area contributed by atoms with Gasteiger partial charge >= 0.3 is 0 Å². The van der Waals surface area contributed by atoms with Crippen molar-refractivity contribution in [3.8, 4) is 17.2 Å². The normalized spacial score (nSPS) is 11.0. The lowest BCUT2D eigenvalue weighted by molar-refractivity contribution is 0.278. The molecule has 3 aromatic rings. The number of aromatic nitrogens is 6. The molecule has 0 amide bonds. The van der Waals surface area contributed by atoms with Gasteiger partial charge in [0, 0.05) is 36.5 Å². The zero-order chi connectivity index (χ0) is 26.5. The third kappa shape index (κ3) is 10.8. The second-order valence-electron chi connectivity index (χ2n) is 8.67. The van der Waals surface area contributed by atoms with Gasteiger partial charge in [-0.25, -0.2) is 9.36 Å². The van der Waals surface area contributed by atoms with Crippen LogP contribution < -0.4 is 31.2 Å². The van der Waals surface area contributed by atoms with Crippen molar-refractivity contribution in [3.05, 3.63) is 53.9 Å². The van der Waals surface area contributed by atoms with Crippen LogP contribution in [0.25, 0.3) is 0 Å². The van der Waals surface area contributed by atoms with E-state index in [1.807, 2.05) is 40.1 Å². The molecule has 0 unspecified atom stereocenters. The Labute approximate surface area is 219 Å². The van der Waals surface area contributed by atoms with Gasteiger partial charge < -0.3 is 25.4 Å². The summed E-state index contributed by atoms with van der Waals surface area (Å²) in [6.07, 6.45) is 6.41. The summed E-state index contributed by atoms with van der Waals surface area (Å²) in [6.45, 7) is 13.0. The lowest BCUT2D eigenvalue weighted by atomic mass is 10.3. The minimum atomic E-state index is 0. The van der Waals surface area contributed by atoms with Gasteiger partial charge in [0.1, 0.15) is 48.5 Å². The van der Waals surface area contributed by atoms with E-state index in [1.165, 1.54) is 12.6 Å². The van der Waals surface area contributed by atoms with Crippen LogP contribution >= 0.6 is 0 Å². The molecule has 0 radical (unpaired) electrons. The number of nitrogens with zero attached hydrogens (tertiary/aromatic N) is 6. The Bertz CT molecular complexity index is 1010. The SMILES string of the molecule is C.CC(C)n1cc(COc2cc(OC/C(N)=C/NN)cc(OCc3cn(C(C)C)nn3)c2)nn1.CCC. The monoisotopic (exact) mass is 517 g/mol. The van der Waals surface area contributed by atoms with Crippen molar-refractivity contribution in [1.82, 2.24) is 35.4 Å². The summed E-state index contributed by atoms with van der Waals surface area (Å²) in [5.74, 6) is 6.87. The minimum absolute atomic E-state index is 0. The van der Waals surface area contributed by atoms with E-state index in [-0.39, 0.29) is 39.3 Å². The summed E-state index contributed by atoms with van der Waals surface area (Å²) in [4.78, 5) is 0. The van der Waals surface area contributed by atoms with Crippen LogP contribution in [0.3, 0.4) is 0 Å². The van der Waals surface area contributed by atoms with E-state index < -0.39 is 0 Å². The average molecular weight is 518 g/mol. The highest BCUT2D eigenvalue weighted by atomic mass is 16.5. The molecule has 2 heterocycles. The van der Waals surface area contributed by atoms with Crippen LogP contribution in [-0.4, -0.2) is 36.6 Å². The van der Waals surface area contributed by atoms with E-state index in [0.717, 1.165) is 0 Å². The van der Waals surface area contributed by atoms with E-state index in [9.17, 15) is 0 Å². The van der Waals surface area contributed by atoms with Crippen molar-refractivity contribution in [3.63, 3.8) is 0 Å². The van der Waals surface area contributed by atoms with Gasteiger partial charge in [-0.1, -0.05) is 38.1 Å². The number of benzene rings is 1. The largest absolute Gasteiger partial charge is 0.487 e. The number of hydrazine groups is 1. The topological polar surface area (TPSA) is 153 Å². The van der Waals surface area contributed by atoms with E-state index >= 15 is 0 Å². The maximum atomic E-state index is 5.92. The molecule has 0 fully saturated rings. The standard InChI is InChI=1S/C21H31N9O3.C3H8.CH4/c1-14(2)29-9-17(25-27-29)12-32-20-5-19(31-11-16(22)8-24-23)6-21(7-20)33-13-18-10-30(15(3)4)28-26-18;1-3-2;/h5-10,14-15,24H,11-13,22-23H2,1-4H3;3H2,1-2H3;1H4/b16-8-;;. The first-order chi connectivity index (χ1) is 17.2. The van der Waals surface area contributed by atoms with Crippen molar-refractivity contribution in [1.29, 1.82) is 0 Å². The Hall–Kier alpha value is -3.80. The second-order valence-corrected chi connectivity index (χ2v) is 8.67. The summed E-state index contributed by atoms with van der Waals surface area (Å²) in [6, 6.07) is 5.71. The summed E-state index contributed by atoms with van der Waals surface area (Å²) in [5.41, 5.74) is 10.1. The highest BCUT2D eigenvalue weighted by molar-refractivity contribution is 5.42. The van der Waals surface area contributed by atoms with Gasteiger partial charge in [0.2, 0.25) is 0 Å². The van der Waals surface area contributed by atoms with Crippen LogP contribution in [-0.2, 0) is 13.2 Å². The van der Waals surface area contributed by atoms with Crippen molar-refractivity contribution in [2.45, 2.75) is 80.7 Å². The molecule has 0 aliphatic rings. The molecule has 12 nitrogen and oxygen atoms in total. The first kappa shape index (κ1) is 31.2. The average Bonchev–Trinajstić information content (AvgIpc) is 3.51. The number of hydrogen-bond acceptors (Lipinski definition) is 10. The quantitative estimate of drug-likeness (QED) is 0.238. The van der Waals surface area contributed by atoms with Crippen molar-refractivity contribution < 1.29 is 14.2 Å². The molecule has 5 N–H and O–H groups in total. The summed E-state index contributed by atoms with van der Waals surface area (Å²) in [5, 5.41) is 16.5. The van der Waals surface area contributed by atoms with Crippen molar-refractivity contribution in [2.24, 2.45) is 11.6 Å². The first-order valence-electron chi connectivity index (χ1n) is 12.0. The van der Waals surface area contributed by atoms with Gasteiger partial charge in [-0.2, -0.15) is 0 Å². The number of rotatable bonds is 12. The smallest absolute Gasteiger partial charge is 0.134 e. The van der Waals surface area contributed by atoms with Crippen molar-refractivity contribution >= 4 is 0 Å². The summed E-state index contributed by atoms with van der Waals surface area (Å²) >= 11 is 0. The highest BCUT2D eigenvalue weighted by Gasteiger charge is 2.10. The van der Waals surface area contributed by atoms with Crippen LogP contribution in [0.4, 0.5) is 0 Å². The maximum absolute atomic E-state index is 5.92. The zero-order valence-electron chi connectivity index (χ0n) is 22.0. The van der Waals surface area contributed by atoms with E-state index in [1.54, 1.807) is 27.6 Å². The van der Waals surface area contributed by atoms with E-state index in [4.69, 9.17) is 25.8 Å². The van der Waals surface area contributed by atoms with Crippen LogP contribution in [0.5, 0.6) is 17.2 Å². The molecular weight excluding hydrogens is 474 g/mol. The fraction of sp³-hybridized carbons (Fsp3) is 0.520. The molecule has 0 aliphatic carbocycles. The second kappa shape index (κ2) is 16.0. The fourth-order valence-electron chi connectivity index (χ4n) is 2.69. The van der Waals surface area contributed by atoms with Crippen LogP contribution in [0.15, 0.2) is 42.5 Å². The molecule has 0 spiro atoms. The predicted octanol–water partition coefficient (Wildman–Crippen LogP) is 3.88. The van der Waals surface area contributed by atoms with E-state index in [2.05, 4.69) is 39.9 Å². The molecule has 37 heavy (non-hydrogen) atoms. The third-order valence-corrected chi connectivity index (χ3v) is 4.47. The Balaban J connectivity index is 0.00000163. The molecule has 2 aromatic heterocycles. The van der Waals surface area contributed by atoms with Gasteiger partial charge in [-0.3, -0.25) is 5.84 Å². The molecule has 206 valence electrons. The minimum Gasteiger partial charge on any atom is -0.487 e. The van der Waals surface area contributed by atoms with Gasteiger partial charge in [0.05, 0.1) is 18.1 Å². The summed E-state index contributed by atoms with van der Waals surface area (Å²) < 4.78 is 21.2. The van der Waals surface area contributed by atoms with Crippen LogP contribution in [0.1, 0.15) is 78.9 Å².